The second-order valence-corrected chi connectivity index (χ2v) is 10.00. The smallest absolute Gasteiger partial charge is 0.271 e. The molecular weight excluding hydrogens is 426 g/mol. The van der Waals surface area contributed by atoms with Gasteiger partial charge in [0, 0.05) is 24.0 Å². The number of aromatic nitrogens is 1. The number of amides is 2. The van der Waals surface area contributed by atoms with Crippen LogP contribution in [0.5, 0.6) is 5.75 Å². The Morgan fingerprint density at radius 3 is 2.59 bits per heavy atom. The zero-order valence-electron chi connectivity index (χ0n) is 20.2. The van der Waals surface area contributed by atoms with Gasteiger partial charge in [0.2, 0.25) is 5.91 Å². The first-order valence-corrected chi connectivity index (χ1v) is 12.3. The minimum absolute atomic E-state index is 0.0663. The molecule has 2 heterocycles. The molecule has 2 amide bonds. The largest absolute Gasteiger partial charge is 0.497 e. The SMILES string of the molecule is COc1ccc2cc3n(c2c1)C[C@@](C)(C(=O)NC1CCCC1)N(C[C@@H](C)c1ccccc1)C3=O. The number of methoxy groups -OCH3 is 1. The molecule has 178 valence electrons. The highest BCUT2D eigenvalue weighted by atomic mass is 16.5. The number of fused-ring (bicyclic) bond motifs is 3. The van der Waals surface area contributed by atoms with Gasteiger partial charge in [0.25, 0.3) is 5.91 Å². The molecule has 0 spiro atoms. The lowest BCUT2D eigenvalue weighted by atomic mass is 9.91. The average molecular weight is 460 g/mol. The summed E-state index contributed by atoms with van der Waals surface area (Å²) in [6.07, 6.45) is 4.29. The number of benzene rings is 2. The molecule has 3 aromatic rings. The number of rotatable bonds is 6. The monoisotopic (exact) mass is 459 g/mol. The van der Waals surface area contributed by atoms with E-state index in [1.807, 2.05) is 54.0 Å². The lowest BCUT2D eigenvalue weighted by Crippen LogP contribution is -2.65. The molecule has 0 unspecified atom stereocenters. The van der Waals surface area contributed by atoms with Gasteiger partial charge < -0.3 is 19.5 Å². The van der Waals surface area contributed by atoms with Crippen molar-refractivity contribution in [3.8, 4) is 5.75 Å². The fourth-order valence-electron chi connectivity index (χ4n) is 5.52. The number of hydrogen-bond acceptors (Lipinski definition) is 3. The molecule has 1 saturated carbocycles. The van der Waals surface area contributed by atoms with Gasteiger partial charge in [-0.05, 0) is 49.4 Å². The van der Waals surface area contributed by atoms with E-state index >= 15 is 0 Å². The van der Waals surface area contributed by atoms with Crippen molar-refractivity contribution in [2.75, 3.05) is 13.7 Å². The molecule has 2 atom stereocenters. The van der Waals surface area contributed by atoms with Crippen molar-refractivity contribution in [3.63, 3.8) is 0 Å². The third-order valence-corrected chi connectivity index (χ3v) is 7.64. The van der Waals surface area contributed by atoms with E-state index in [-0.39, 0.29) is 23.8 Å². The summed E-state index contributed by atoms with van der Waals surface area (Å²) in [5.41, 5.74) is 1.70. The second kappa shape index (κ2) is 8.82. The Morgan fingerprint density at radius 2 is 1.88 bits per heavy atom. The maximum atomic E-state index is 14.0. The van der Waals surface area contributed by atoms with Gasteiger partial charge in [-0.25, -0.2) is 0 Å². The zero-order chi connectivity index (χ0) is 23.9. The number of ether oxygens (including phenoxy) is 1. The summed E-state index contributed by atoms with van der Waals surface area (Å²) in [4.78, 5) is 29.6. The van der Waals surface area contributed by atoms with E-state index in [1.54, 1.807) is 12.0 Å². The van der Waals surface area contributed by atoms with Crippen LogP contribution in [0.1, 0.15) is 61.5 Å². The Hall–Kier alpha value is -3.28. The number of hydrogen-bond donors (Lipinski definition) is 1. The average Bonchev–Trinajstić information content (AvgIpc) is 3.49. The predicted molar refractivity (Wildman–Crippen MR) is 133 cm³/mol. The maximum Gasteiger partial charge on any atom is 0.271 e. The van der Waals surface area contributed by atoms with Crippen LogP contribution in [0.25, 0.3) is 10.9 Å². The highest BCUT2D eigenvalue weighted by Crippen LogP contribution is 2.35. The van der Waals surface area contributed by atoms with E-state index in [2.05, 4.69) is 24.4 Å². The van der Waals surface area contributed by atoms with Crippen LogP contribution in [0.3, 0.4) is 0 Å². The first kappa shape index (κ1) is 22.5. The molecule has 5 rings (SSSR count). The third-order valence-electron chi connectivity index (χ3n) is 7.64. The molecule has 34 heavy (non-hydrogen) atoms. The number of carbonyl (C=O) groups excluding carboxylic acids is 2. The third kappa shape index (κ3) is 3.85. The molecule has 0 radical (unpaired) electrons. The van der Waals surface area contributed by atoms with Crippen LogP contribution in [-0.2, 0) is 11.3 Å². The van der Waals surface area contributed by atoms with Crippen molar-refractivity contribution in [3.05, 3.63) is 65.9 Å². The Kier molecular flexibility index (Phi) is 5.84. The second-order valence-electron chi connectivity index (χ2n) is 10.00. The zero-order valence-corrected chi connectivity index (χ0v) is 20.2. The Morgan fingerprint density at radius 1 is 1.15 bits per heavy atom. The minimum Gasteiger partial charge on any atom is -0.497 e. The van der Waals surface area contributed by atoms with Crippen molar-refractivity contribution in [1.29, 1.82) is 0 Å². The van der Waals surface area contributed by atoms with Crippen molar-refractivity contribution < 1.29 is 14.3 Å². The van der Waals surface area contributed by atoms with Crippen molar-refractivity contribution >= 4 is 22.7 Å². The van der Waals surface area contributed by atoms with Gasteiger partial charge in [0.1, 0.15) is 17.0 Å². The van der Waals surface area contributed by atoms with Crippen LogP contribution in [0, 0.1) is 0 Å². The molecule has 1 aliphatic heterocycles. The van der Waals surface area contributed by atoms with Crippen molar-refractivity contribution in [1.82, 2.24) is 14.8 Å². The fraction of sp³-hybridized carbons (Fsp3) is 0.429. The van der Waals surface area contributed by atoms with Crippen LogP contribution in [-0.4, -0.2) is 46.5 Å². The molecule has 0 bridgehead atoms. The van der Waals surface area contributed by atoms with Gasteiger partial charge in [-0.3, -0.25) is 9.59 Å². The predicted octanol–water partition coefficient (Wildman–Crippen LogP) is 4.73. The number of nitrogens with zero attached hydrogens (tertiary/aromatic N) is 2. The number of carbonyl (C=O) groups is 2. The van der Waals surface area contributed by atoms with E-state index in [4.69, 9.17) is 4.74 Å². The van der Waals surface area contributed by atoms with E-state index in [1.165, 1.54) is 0 Å². The van der Waals surface area contributed by atoms with Crippen LogP contribution < -0.4 is 10.1 Å². The summed E-state index contributed by atoms with van der Waals surface area (Å²) in [5.74, 6) is 0.662. The normalized spacial score (nSPS) is 21.5. The van der Waals surface area contributed by atoms with Gasteiger partial charge >= 0.3 is 0 Å². The van der Waals surface area contributed by atoms with Gasteiger partial charge in [0.05, 0.1) is 19.2 Å². The van der Waals surface area contributed by atoms with E-state index in [0.717, 1.165) is 47.9 Å². The quantitative estimate of drug-likeness (QED) is 0.580. The first-order chi connectivity index (χ1) is 16.4. The summed E-state index contributed by atoms with van der Waals surface area (Å²) in [5, 5.41) is 4.25. The molecule has 1 aromatic heterocycles. The van der Waals surface area contributed by atoms with Gasteiger partial charge in [0.15, 0.2) is 0 Å². The van der Waals surface area contributed by atoms with Gasteiger partial charge in [-0.1, -0.05) is 50.1 Å². The molecule has 2 aromatic carbocycles. The molecule has 1 aliphatic carbocycles. The Balaban J connectivity index is 1.55. The molecular formula is C28H33N3O3. The minimum atomic E-state index is -0.995. The van der Waals surface area contributed by atoms with Crippen LogP contribution in [0.2, 0.25) is 0 Å². The van der Waals surface area contributed by atoms with Crippen LogP contribution in [0.15, 0.2) is 54.6 Å². The van der Waals surface area contributed by atoms with Crippen LogP contribution >= 0.6 is 0 Å². The summed E-state index contributed by atoms with van der Waals surface area (Å²) in [6, 6.07) is 18.1. The van der Waals surface area contributed by atoms with Gasteiger partial charge in [-0.15, -0.1) is 0 Å². The highest BCUT2D eigenvalue weighted by Gasteiger charge is 2.48. The van der Waals surface area contributed by atoms with Gasteiger partial charge in [-0.2, -0.15) is 0 Å². The van der Waals surface area contributed by atoms with E-state index < -0.39 is 5.54 Å². The lowest BCUT2D eigenvalue weighted by Gasteiger charge is -2.45. The molecule has 0 saturated heterocycles. The first-order valence-electron chi connectivity index (χ1n) is 12.3. The summed E-state index contributed by atoms with van der Waals surface area (Å²) >= 11 is 0. The summed E-state index contributed by atoms with van der Waals surface area (Å²) < 4.78 is 7.43. The Bertz CT molecular complexity index is 1210. The highest BCUT2D eigenvalue weighted by molar-refractivity contribution is 6.03. The Labute approximate surface area is 200 Å². The van der Waals surface area contributed by atoms with E-state index in [9.17, 15) is 9.59 Å². The van der Waals surface area contributed by atoms with E-state index in [0.29, 0.717) is 18.8 Å². The topological polar surface area (TPSA) is 63.6 Å². The summed E-state index contributed by atoms with van der Waals surface area (Å²) in [6.45, 7) is 4.92. The molecule has 2 aliphatic rings. The molecule has 6 heteroatoms. The molecule has 1 N–H and O–H groups in total. The fourth-order valence-corrected chi connectivity index (χ4v) is 5.52. The lowest BCUT2D eigenvalue weighted by molar-refractivity contribution is -0.133. The van der Waals surface area contributed by atoms with Crippen LogP contribution in [0.4, 0.5) is 0 Å². The van der Waals surface area contributed by atoms with Crippen molar-refractivity contribution in [2.45, 2.75) is 63.6 Å². The standard InChI is InChI=1S/C28H33N3O3/c1-19(20-9-5-4-6-10-20)17-31-26(32)25-15-21-13-14-23(34-3)16-24(21)30(25)18-28(31,2)27(33)29-22-11-7-8-12-22/h4-6,9-10,13-16,19,22H,7-8,11-12,17-18H2,1-3H3,(H,29,33)/t19-,28+/m1/s1. The van der Waals surface area contributed by atoms with Crippen molar-refractivity contribution in [2.24, 2.45) is 0 Å². The number of nitrogens with one attached hydrogen (secondary N) is 1. The summed E-state index contributed by atoms with van der Waals surface area (Å²) in [7, 11) is 1.64. The molecule has 1 fully saturated rings. The maximum absolute atomic E-state index is 14.0. The molecule has 6 nitrogen and oxygen atoms in total.